The number of hydrogen-bond acceptors (Lipinski definition) is 4. The van der Waals surface area contributed by atoms with E-state index in [2.05, 4.69) is 15.0 Å². The minimum absolute atomic E-state index is 0.166. The highest BCUT2D eigenvalue weighted by atomic mass is 32.1. The van der Waals surface area contributed by atoms with Crippen molar-refractivity contribution >= 4 is 40.5 Å². The number of aliphatic imine (C=N–C) groups is 3. The molecule has 0 saturated heterocycles. The lowest BCUT2D eigenvalue weighted by molar-refractivity contribution is -0.126. The summed E-state index contributed by atoms with van der Waals surface area (Å²) in [5.41, 5.74) is 1.55. The van der Waals surface area contributed by atoms with E-state index in [4.69, 9.17) is 12.2 Å². The fourth-order valence-electron chi connectivity index (χ4n) is 1.36. The number of hydrogen-bond donors (Lipinski definition) is 0. The van der Waals surface area contributed by atoms with Gasteiger partial charge in [0.05, 0.1) is 11.4 Å². The second kappa shape index (κ2) is 3.30. The molecular weight excluding hydrogens is 212 g/mol. The molecule has 2 heterocycles. The smallest absolute Gasteiger partial charge is 0.261 e. The number of amidine groups is 1. The molecule has 0 aromatic rings. The van der Waals surface area contributed by atoms with Crippen molar-refractivity contribution < 1.29 is 4.79 Å². The average molecular weight is 222 g/mol. The topological polar surface area (TPSA) is 57.4 Å². The van der Waals surface area contributed by atoms with Gasteiger partial charge in [0.1, 0.15) is 0 Å². The maximum absolute atomic E-state index is 11.8. The summed E-state index contributed by atoms with van der Waals surface area (Å²) in [6, 6.07) is -0.606. The number of carbonyl (C=O) groups excluding carboxylic acids is 1. The Morgan fingerprint density at radius 3 is 2.60 bits per heavy atom. The number of rotatable bonds is 0. The number of fused-ring (bicyclic) bond motifs is 1. The van der Waals surface area contributed by atoms with E-state index in [0.717, 1.165) is 11.4 Å². The van der Waals surface area contributed by atoms with Crippen LogP contribution in [0.3, 0.4) is 0 Å². The molecule has 0 fully saturated rings. The highest BCUT2D eigenvalue weighted by molar-refractivity contribution is 7.80. The zero-order valence-electron chi connectivity index (χ0n) is 8.68. The molecule has 0 aromatic heterocycles. The Bertz CT molecular complexity index is 449. The average Bonchev–Trinajstić information content (AvgIpc) is 2.19. The van der Waals surface area contributed by atoms with Gasteiger partial charge in [0, 0.05) is 7.05 Å². The van der Waals surface area contributed by atoms with Crippen molar-refractivity contribution in [3.63, 3.8) is 0 Å². The predicted octanol–water partition coefficient (Wildman–Crippen LogP) is 0.446. The van der Waals surface area contributed by atoms with Crippen LogP contribution in [0.15, 0.2) is 15.0 Å². The summed E-state index contributed by atoms with van der Waals surface area (Å²) in [6.45, 7) is 3.67. The molecule has 0 aliphatic carbocycles. The van der Waals surface area contributed by atoms with Crippen molar-refractivity contribution in [1.82, 2.24) is 4.90 Å². The van der Waals surface area contributed by atoms with Crippen LogP contribution in [0.5, 0.6) is 0 Å². The first kappa shape index (κ1) is 10.1. The molecule has 1 amide bonds. The van der Waals surface area contributed by atoms with E-state index in [0.29, 0.717) is 5.84 Å². The quantitative estimate of drug-likeness (QED) is 0.559. The highest BCUT2D eigenvalue weighted by Crippen LogP contribution is 2.14. The van der Waals surface area contributed by atoms with Crippen molar-refractivity contribution in [3.05, 3.63) is 0 Å². The molecule has 1 unspecified atom stereocenters. The summed E-state index contributed by atoms with van der Waals surface area (Å²) in [5.74, 6) is 0.242. The van der Waals surface area contributed by atoms with Crippen LogP contribution < -0.4 is 0 Å². The van der Waals surface area contributed by atoms with Gasteiger partial charge in [-0.25, -0.2) is 9.98 Å². The summed E-state index contributed by atoms with van der Waals surface area (Å²) < 4.78 is 0. The van der Waals surface area contributed by atoms with Crippen LogP contribution in [-0.2, 0) is 4.79 Å². The standard InChI is InChI=1S/C9H10N4OS/c1-4-5(2)11-7-6(10-4)8(14)13(3)9(15)12-7/h6H,1-3H3. The van der Waals surface area contributed by atoms with Crippen LogP contribution in [-0.4, -0.2) is 46.3 Å². The Morgan fingerprint density at radius 1 is 1.27 bits per heavy atom. The van der Waals surface area contributed by atoms with Crippen molar-refractivity contribution in [3.8, 4) is 0 Å². The van der Waals surface area contributed by atoms with Crippen molar-refractivity contribution in [2.75, 3.05) is 7.05 Å². The van der Waals surface area contributed by atoms with E-state index in [-0.39, 0.29) is 11.0 Å². The molecule has 0 N–H and O–H groups in total. The summed E-state index contributed by atoms with van der Waals surface area (Å²) in [5, 5.41) is 0.248. The highest BCUT2D eigenvalue weighted by Gasteiger charge is 2.35. The Labute approximate surface area is 92.6 Å². The molecule has 6 heteroatoms. The zero-order chi connectivity index (χ0) is 11.2. The second-order valence-electron chi connectivity index (χ2n) is 3.46. The Balaban J connectivity index is 2.51. The lowest BCUT2D eigenvalue weighted by Crippen LogP contribution is -2.48. The van der Waals surface area contributed by atoms with Gasteiger partial charge in [-0.2, -0.15) is 0 Å². The summed E-state index contributed by atoms with van der Waals surface area (Å²) in [6.07, 6.45) is 0. The van der Waals surface area contributed by atoms with E-state index < -0.39 is 6.04 Å². The third-order valence-corrected chi connectivity index (χ3v) is 2.80. The van der Waals surface area contributed by atoms with Crippen LogP contribution >= 0.6 is 12.2 Å². The molecule has 78 valence electrons. The van der Waals surface area contributed by atoms with Crippen LogP contribution in [0.4, 0.5) is 0 Å². The molecule has 0 bridgehead atoms. The second-order valence-corrected chi connectivity index (χ2v) is 3.83. The Kier molecular flexibility index (Phi) is 2.22. The van der Waals surface area contributed by atoms with Crippen LogP contribution in [0.1, 0.15) is 13.8 Å². The number of likely N-dealkylation sites (N-methyl/N-ethyl adjacent to an activating group) is 1. The summed E-state index contributed by atoms with van der Waals surface area (Å²) in [7, 11) is 1.60. The number of carbonyl (C=O) groups is 1. The molecule has 2 aliphatic heterocycles. The fraction of sp³-hybridized carbons (Fsp3) is 0.444. The van der Waals surface area contributed by atoms with Crippen LogP contribution in [0.25, 0.3) is 0 Å². The minimum atomic E-state index is -0.606. The molecule has 15 heavy (non-hydrogen) atoms. The Morgan fingerprint density at radius 2 is 1.93 bits per heavy atom. The van der Waals surface area contributed by atoms with Gasteiger partial charge in [-0.1, -0.05) is 0 Å². The van der Waals surface area contributed by atoms with Crippen molar-refractivity contribution in [1.29, 1.82) is 0 Å². The lowest BCUT2D eigenvalue weighted by atomic mass is 10.1. The van der Waals surface area contributed by atoms with Crippen LogP contribution in [0.2, 0.25) is 0 Å². The molecule has 2 rings (SSSR count). The normalized spacial score (nSPS) is 25.7. The number of amides is 1. The largest absolute Gasteiger partial charge is 0.288 e. The van der Waals surface area contributed by atoms with Gasteiger partial charge in [-0.15, -0.1) is 0 Å². The van der Waals surface area contributed by atoms with Gasteiger partial charge in [-0.3, -0.25) is 14.7 Å². The number of nitrogens with zero attached hydrogens (tertiary/aromatic N) is 4. The molecule has 0 aromatic carbocycles. The van der Waals surface area contributed by atoms with E-state index in [9.17, 15) is 4.79 Å². The van der Waals surface area contributed by atoms with Gasteiger partial charge in [0.25, 0.3) is 5.91 Å². The van der Waals surface area contributed by atoms with Crippen LogP contribution in [0, 0.1) is 0 Å². The zero-order valence-corrected chi connectivity index (χ0v) is 9.50. The fourth-order valence-corrected chi connectivity index (χ4v) is 1.54. The van der Waals surface area contributed by atoms with E-state index in [1.54, 1.807) is 7.05 Å². The van der Waals surface area contributed by atoms with Gasteiger partial charge in [-0.05, 0) is 26.1 Å². The molecule has 5 nitrogen and oxygen atoms in total. The monoisotopic (exact) mass is 222 g/mol. The first-order chi connectivity index (χ1) is 7.00. The van der Waals surface area contributed by atoms with E-state index in [1.807, 2.05) is 13.8 Å². The maximum atomic E-state index is 11.8. The first-order valence-electron chi connectivity index (χ1n) is 4.51. The van der Waals surface area contributed by atoms with Gasteiger partial charge >= 0.3 is 0 Å². The molecule has 0 saturated carbocycles. The molecule has 0 radical (unpaired) electrons. The van der Waals surface area contributed by atoms with Gasteiger partial charge < -0.3 is 0 Å². The molecular formula is C9H10N4OS. The molecule has 0 spiro atoms. The first-order valence-corrected chi connectivity index (χ1v) is 4.91. The van der Waals surface area contributed by atoms with Crippen molar-refractivity contribution in [2.24, 2.45) is 15.0 Å². The van der Waals surface area contributed by atoms with Crippen molar-refractivity contribution in [2.45, 2.75) is 19.9 Å². The van der Waals surface area contributed by atoms with Gasteiger partial charge in [0.2, 0.25) is 5.11 Å². The molecule has 1 atom stereocenters. The maximum Gasteiger partial charge on any atom is 0.261 e. The summed E-state index contributed by atoms with van der Waals surface area (Å²) in [4.78, 5) is 25.7. The minimum Gasteiger partial charge on any atom is -0.288 e. The third-order valence-electron chi connectivity index (χ3n) is 2.43. The Hall–Kier alpha value is -1.43. The SMILES string of the molecule is CC1=NC2=NC(=S)N(C)C(=O)C2N=C1C. The van der Waals surface area contributed by atoms with E-state index in [1.165, 1.54) is 4.90 Å². The van der Waals surface area contributed by atoms with Gasteiger partial charge in [0.15, 0.2) is 11.9 Å². The third kappa shape index (κ3) is 1.50. The summed E-state index contributed by atoms with van der Waals surface area (Å²) >= 11 is 4.94. The number of thiocarbonyl (C=S) groups is 1. The predicted molar refractivity (Wildman–Crippen MR) is 62.8 cm³/mol. The van der Waals surface area contributed by atoms with E-state index >= 15 is 0 Å². The lowest BCUT2D eigenvalue weighted by Gasteiger charge is -2.27. The molecule has 2 aliphatic rings.